The lowest BCUT2D eigenvalue weighted by atomic mass is 10.1. The van der Waals surface area contributed by atoms with Gasteiger partial charge in [-0.05, 0) is 144 Å². The fraction of sp³-hybridized carbons (Fsp3) is 0.378. The maximum atomic E-state index is 9.56. The Balaban J connectivity index is 0.000000146. The van der Waals surface area contributed by atoms with Gasteiger partial charge in [0.05, 0.1) is 76.8 Å². The Morgan fingerprint density at radius 3 is 0.993 bits per heavy atom. The number of aliphatic hydroxyl groups excluding tert-OH is 3. The van der Waals surface area contributed by atoms with Crippen molar-refractivity contribution in [2.24, 2.45) is 0 Å². The van der Waals surface area contributed by atoms with Crippen LogP contribution in [-0.2, 0) is 32.7 Å². The molecule has 0 unspecified atom stereocenters. The number of aryl methyl sites for hydroxylation is 1. The molecule has 0 radical (unpaired) electrons. The van der Waals surface area contributed by atoms with Crippen LogP contribution in [-0.4, -0.2) is 175 Å². The van der Waals surface area contributed by atoms with Gasteiger partial charge in [-0.15, -0.1) is 0 Å². The molecular formula is C98H131N33O4. The number of aliphatic hydroxyl groups is 3. The van der Waals surface area contributed by atoms with Crippen LogP contribution in [0.1, 0.15) is 179 Å². The second kappa shape index (κ2) is 50.1. The summed E-state index contributed by atoms with van der Waals surface area (Å²) >= 11 is 0. The monoisotopic (exact) mass is 1830 g/mol. The number of hydrogen-bond donors (Lipinski definition) is 15. The highest BCUT2D eigenvalue weighted by Crippen LogP contribution is 2.32. The Hall–Kier alpha value is -14.9. The molecule has 0 saturated heterocycles. The van der Waals surface area contributed by atoms with Crippen LogP contribution in [0.25, 0.3) is 66.2 Å². The summed E-state index contributed by atoms with van der Waals surface area (Å²) in [5.41, 5.74) is 50.8. The van der Waals surface area contributed by atoms with Gasteiger partial charge in [-0.25, -0.2) is 29.9 Å². The quantitative estimate of drug-likeness (QED) is 0.0159. The van der Waals surface area contributed by atoms with Gasteiger partial charge in [-0.1, -0.05) is 152 Å². The second-order valence-corrected chi connectivity index (χ2v) is 33.1. The molecule has 3 atom stereocenters. The fourth-order valence-corrected chi connectivity index (χ4v) is 15.8. The Kier molecular flexibility index (Phi) is 36.8. The van der Waals surface area contributed by atoms with E-state index >= 15 is 0 Å². The Morgan fingerprint density at radius 1 is 0.333 bits per heavy atom. The number of pyridine rings is 2. The van der Waals surface area contributed by atoms with Crippen molar-refractivity contribution in [3.05, 3.63) is 223 Å². The van der Waals surface area contributed by atoms with Gasteiger partial charge in [0.2, 0.25) is 35.7 Å². The van der Waals surface area contributed by atoms with Gasteiger partial charge in [0.1, 0.15) is 44.6 Å². The van der Waals surface area contributed by atoms with Crippen LogP contribution >= 0.6 is 0 Å². The highest BCUT2D eigenvalue weighted by atomic mass is 16.5. The number of nitrogens with zero attached hydrogens (tertiary/aromatic N) is 21. The van der Waals surface area contributed by atoms with Gasteiger partial charge >= 0.3 is 0 Å². The minimum Gasteiger partial charge on any atom is -0.396 e. The summed E-state index contributed by atoms with van der Waals surface area (Å²) in [7, 11) is 0. The van der Waals surface area contributed by atoms with E-state index < -0.39 is 0 Å². The number of aromatic nitrogens is 21. The maximum Gasteiger partial charge on any atom is 0.222 e. The topological polar surface area (TPSA) is 525 Å². The number of nitrogens with one attached hydrogen (secondary N) is 6. The molecule has 15 heterocycles. The first kappa shape index (κ1) is 99.2. The highest BCUT2D eigenvalue weighted by Gasteiger charge is 2.22. The van der Waals surface area contributed by atoms with E-state index in [-0.39, 0.29) is 61.7 Å². The van der Waals surface area contributed by atoms with Crippen LogP contribution in [0.4, 0.5) is 70.6 Å². The number of nitrogens with two attached hydrogens (primary N) is 6. The number of unbranched alkanes of at least 4 members (excludes halogenated alkanes) is 2. The summed E-state index contributed by atoms with van der Waals surface area (Å²) in [6.07, 6.45) is 28.2. The summed E-state index contributed by atoms with van der Waals surface area (Å²) in [6, 6.07) is 46.6. The summed E-state index contributed by atoms with van der Waals surface area (Å²) < 4.78 is 17.8. The van der Waals surface area contributed by atoms with E-state index in [9.17, 15) is 15.3 Å². The van der Waals surface area contributed by atoms with Crippen molar-refractivity contribution in [2.45, 2.75) is 203 Å². The normalized spacial score (nSPS) is 11.8. The van der Waals surface area contributed by atoms with E-state index in [1.807, 2.05) is 164 Å². The zero-order valence-corrected chi connectivity index (χ0v) is 78.8. The van der Waals surface area contributed by atoms with Crippen LogP contribution in [0.3, 0.4) is 0 Å². The Morgan fingerprint density at radius 2 is 0.659 bits per heavy atom. The van der Waals surface area contributed by atoms with Crippen molar-refractivity contribution in [1.82, 2.24) is 102 Å². The SMILES string of the molecule is CCCCNc1nc(N)nc2ccn(C(C)C)c12.CCCCNc1nc(N)nc2ccn(Cc3cc(C)on3)c12.CCCNc1nc(N)nc2ccn(Cc3ccccc3)c12.CCC[C@@H](CCO)Nc1nc(N)nc2ccn(Cc3ccccc3)c12.CCC[C@@H](CCO)Nc1nc(N)nc2ccn(Cc3ccccn3)c12.CCC[C@@H](CO)Nc1nc(N)nc2ccn(Cc3ccccn3)c12. The molecule has 21 N–H and O–H groups in total. The molecular weight excluding hydrogens is 1700 g/mol. The van der Waals surface area contributed by atoms with E-state index in [1.54, 1.807) is 12.4 Å². The van der Waals surface area contributed by atoms with E-state index in [0.717, 1.165) is 216 Å². The van der Waals surface area contributed by atoms with Crippen molar-refractivity contribution < 1.29 is 19.8 Å². The molecule has 17 aromatic rings. The first-order chi connectivity index (χ1) is 65.7. The lowest BCUT2D eigenvalue weighted by molar-refractivity contribution is 0.268. The van der Waals surface area contributed by atoms with Crippen LogP contribution in [0.15, 0.2) is 194 Å². The largest absolute Gasteiger partial charge is 0.396 e. The molecule has 2 aromatic carbocycles. The Labute approximate surface area is 786 Å². The van der Waals surface area contributed by atoms with Gasteiger partial charge in [-0.2, -0.15) is 29.9 Å². The minimum absolute atomic E-state index is 0.0419. The zero-order valence-electron chi connectivity index (χ0n) is 78.8. The molecule has 37 nitrogen and oxygen atoms in total. The fourth-order valence-electron chi connectivity index (χ4n) is 15.8. The van der Waals surface area contributed by atoms with Crippen LogP contribution < -0.4 is 66.3 Å². The Bertz CT molecular complexity index is 6320. The number of benzene rings is 2. The summed E-state index contributed by atoms with van der Waals surface area (Å²) in [5, 5.41) is 52.5. The first-order valence-electron chi connectivity index (χ1n) is 46.6. The lowest BCUT2D eigenvalue weighted by Gasteiger charge is -2.19. The van der Waals surface area contributed by atoms with Gasteiger partial charge in [-0.3, -0.25) is 9.97 Å². The van der Waals surface area contributed by atoms with Crippen LogP contribution in [0.5, 0.6) is 0 Å². The number of rotatable bonds is 39. The molecule has 0 aliphatic heterocycles. The third-order valence-electron chi connectivity index (χ3n) is 22.1. The molecule has 0 amide bonds. The van der Waals surface area contributed by atoms with Crippen molar-refractivity contribution >= 4 is 137 Å². The average Bonchev–Trinajstić information content (AvgIpc) is 1.65. The lowest BCUT2D eigenvalue weighted by Crippen LogP contribution is -2.24. The van der Waals surface area contributed by atoms with Gasteiger partial charge < -0.3 is 114 Å². The maximum absolute atomic E-state index is 9.56. The molecule has 37 heteroatoms. The number of fused-ring (bicyclic) bond motifs is 6. The molecule has 15 aromatic heterocycles. The highest BCUT2D eigenvalue weighted by molar-refractivity contribution is 5.92. The predicted molar refractivity (Wildman–Crippen MR) is 543 cm³/mol. The van der Waals surface area contributed by atoms with Gasteiger partial charge in [0.15, 0.2) is 34.9 Å². The number of anilines is 12. The molecule has 0 aliphatic rings. The molecule has 0 spiro atoms. The summed E-state index contributed by atoms with van der Waals surface area (Å²) in [5.74, 6) is 6.91. The predicted octanol–water partition coefficient (Wildman–Crippen LogP) is 15.7. The third kappa shape index (κ3) is 27.7. The molecule has 0 bridgehead atoms. The van der Waals surface area contributed by atoms with E-state index in [0.29, 0.717) is 62.1 Å². The second-order valence-electron chi connectivity index (χ2n) is 33.1. The molecule has 0 fully saturated rings. The first-order valence-corrected chi connectivity index (χ1v) is 46.6. The van der Waals surface area contributed by atoms with E-state index in [1.165, 1.54) is 11.1 Å². The molecule has 0 saturated carbocycles. The summed E-state index contributed by atoms with van der Waals surface area (Å²) in [6.45, 7) is 25.3. The minimum atomic E-state index is -0.0642. The van der Waals surface area contributed by atoms with Crippen molar-refractivity contribution in [3.63, 3.8) is 0 Å². The standard InChI is InChI=1S/C19H25N5O.C18H24N6O.C17H22N6O.C16H19N5.C15H20N6O.C13H21N5/c1-2-6-15(10-12-25)21-18-17-16(22-19(20)23-18)9-11-24(17)13-14-7-4-3-5-8-14;1-2-5-13(8-11-25)21-17-16-15(22-18(19)23-17)7-10-24(16)12-14-6-3-4-9-20-14;1-2-5-13(11-24)20-16-15-14(21-17(18)22-16)7-9-23(15)10-12-6-3-4-8-19-12;1-2-9-18-15-14-13(19-16(17)20-15)8-10-21(14)11-12-6-4-3-5-7-12;1-3-4-6-17-14-13-12(18-15(16)19-14)5-7-21(13)9-11-8-10(2)22-20-11;1-4-5-7-15-12-11-10(16-13(14)17-12)6-8-18(11)9(2)3/h3-5,7-9,11,15,25H,2,6,10,12-13H2,1H3,(H3,20,21,22,23);3-4,6-7,9-10,13,25H,2,5,8,11-12H2,1H3,(H3,19,21,22,23);3-4,6-9,13,24H,2,5,10-11H2,1H3,(H3,18,20,21,22);3-8,10H,2,9,11H2,1H3,(H3,17,18,19,20);5,7-8H,3-4,6,9H2,1-2H3,(H3,16,17,18,19);6,8-9H,4-5,7H2,1-3H3,(H3,14,15,16,17)/t15-;2*13-;;;/m000.../s1. The smallest absolute Gasteiger partial charge is 0.222 e. The van der Waals surface area contributed by atoms with E-state index in [4.69, 9.17) is 38.9 Å². The van der Waals surface area contributed by atoms with Gasteiger partial charge in [0.25, 0.3) is 0 Å². The van der Waals surface area contributed by atoms with Crippen LogP contribution in [0.2, 0.25) is 0 Å². The molecule has 712 valence electrons. The third-order valence-corrected chi connectivity index (χ3v) is 22.1. The molecule has 0 aliphatic carbocycles. The molecule has 17 rings (SSSR count). The van der Waals surface area contributed by atoms with Crippen LogP contribution in [0, 0.1) is 6.92 Å². The van der Waals surface area contributed by atoms with Crippen molar-refractivity contribution in [3.8, 4) is 0 Å². The molecule has 135 heavy (non-hydrogen) atoms. The van der Waals surface area contributed by atoms with Crippen molar-refractivity contribution in [2.75, 3.05) is 106 Å². The summed E-state index contributed by atoms with van der Waals surface area (Å²) in [4.78, 5) is 60.8. The van der Waals surface area contributed by atoms with E-state index in [2.05, 4.69) is 209 Å². The zero-order chi connectivity index (χ0) is 95.5. The average molecular weight is 1840 g/mol. The number of hydrogen-bond acceptors (Lipinski definition) is 31. The van der Waals surface area contributed by atoms with Crippen molar-refractivity contribution in [1.29, 1.82) is 0 Å². The number of nitrogen functional groups attached to an aromatic ring is 6. The van der Waals surface area contributed by atoms with Gasteiger partial charge in [0, 0.05) is 120 Å².